The van der Waals surface area contributed by atoms with Crippen LogP contribution in [0.4, 0.5) is 0 Å². The van der Waals surface area contributed by atoms with Crippen molar-refractivity contribution in [3.05, 3.63) is 29.8 Å². The molecule has 5 heteroatoms. The van der Waals surface area contributed by atoms with Crippen molar-refractivity contribution in [3.8, 4) is 5.75 Å². The number of amides is 1. The van der Waals surface area contributed by atoms with Crippen molar-refractivity contribution in [1.29, 1.82) is 0 Å². The number of phenolic OH excluding ortho intramolecular Hbond substituents is 1. The standard InChI is InChI=1S/C21H33N3O2/c1-22(2)19-8-7-18(14-23(3)15-19)21(26)24-11-9-16(10-12-24)17-5-4-6-20(25)13-17/h4-6,13,16,18-19,25H,7-12,14-15H2,1-3H3/t18-,19+/m1/s1. The Kier molecular flexibility index (Phi) is 6.20. The van der Waals surface area contributed by atoms with Gasteiger partial charge >= 0.3 is 0 Å². The average Bonchev–Trinajstić information content (AvgIpc) is 2.83. The van der Waals surface area contributed by atoms with Gasteiger partial charge in [0.05, 0.1) is 5.92 Å². The lowest BCUT2D eigenvalue weighted by Crippen LogP contribution is -2.44. The fourth-order valence-corrected chi connectivity index (χ4v) is 4.48. The van der Waals surface area contributed by atoms with Gasteiger partial charge in [-0.2, -0.15) is 0 Å². The predicted molar refractivity (Wildman–Crippen MR) is 104 cm³/mol. The van der Waals surface area contributed by atoms with Crippen LogP contribution in [0.3, 0.4) is 0 Å². The summed E-state index contributed by atoms with van der Waals surface area (Å²) in [6, 6.07) is 8.11. The van der Waals surface area contributed by atoms with E-state index in [1.54, 1.807) is 6.07 Å². The van der Waals surface area contributed by atoms with E-state index in [0.29, 0.717) is 23.6 Å². The summed E-state index contributed by atoms with van der Waals surface area (Å²) >= 11 is 0. The normalized spacial score (nSPS) is 26.1. The van der Waals surface area contributed by atoms with Crippen LogP contribution in [0.25, 0.3) is 0 Å². The first kappa shape index (κ1) is 19.2. The predicted octanol–water partition coefficient (Wildman–Crippen LogP) is 2.37. The smallest absolute Gasteiger partial charge is 0.226 e. The highest BCUT2D eigenvalue weighted by molar-refractivity contribution is 5.79. The summed E-state index contributed by atoms with van der Waals surface area (Å²) in [5.41, 5.74) is 1.19. The molecule has 2 aliphatic rings. The summed E-state index contributed by atoms with van der Waals surface area (Å²) in [6.07, 6.45) is 4.04. The highest BCUT2D eigenvalue weighted by atomic mass is 16.3. The Hall–Kier alpha value is -1.59. The summed E-state index contributed by atoms with van der Waals surface area (Å²) in [6.45, 7) is 3.57. The van der Waals surface area contributed by atoms with E-state index in [9.17, 15) is 9.90 Å². The van der Waals surface area contributed by atoms with Crippen LogP contribution in [0.15, 0.2) is 24.3 Å². The van der Waals surface area contributed by atoms with Gasteiger partial charge in [0, 0.05) is 32.2 Å². The first-order valence-electron chi connectivity index (χ1n) is 9.86. The monoisotopic (exact) mass is 359 g/mol. The first-order chi connectivity index (χ1) is 12.4. The van der Waals surface area contributed by atoms with Crippen LogP contribution in [0.5, 0.6) is 5.75 Å². The molecule has 2 aliphatic heterocycles. The Morgan fingerprint density at radius 1 is 1.12 bits per heavy atom. The van der Waals surface area contributed by atoms with Crippen LogP contribution in [0, 0.1) is 5.92 Å². The van der Waals surface area contributed by atoms with E-state index in [0.717, 1.165) is 51.9 Å². The number of likely N-dealkylation sites (tertiary alicyclic amines) is 2. The number of piperidine rings is 1. The van der Waals surface area contributed by atoms with Gasteiger partial charge in [0.15, 0.2) is 0 Å². The van der Waals surface area contributed by atoms with Crippen molar-refractivity contribution in [2.75, 3.05) is 47.3 Å². The zero-order valence-electron chi connectivity index (χ0n) is 16.4. The molecule has 0 aliphatic carbocycles. The minimum absolute atomic E-state index is 0.127. The molecule has 2 saturated heterocycles. The lowest BCUT2D eigenvalue weighted by Gasteiger charge is -2.35. The summed E-state index contributed by atoms with van der Waals surface area (Å²) in [7, 11) is 6.40. The fraction of sp³-hybridized carbons (Fsp3) is 0.667. The van der Waals surface area contributed by atoms with Gasteiger partial charge in [0.2, 0.25) is 5.91 Å². The molecule has 0 saturated carbocycles. The maximum atomic E-state index is 13.1. The lowest BCUT2D eigenvalue weighted by atomic mass is 9.88. The summed E-state index contributed by atoms with van der Waals surface area (Å²) in [5, 5.41) is 9.69. The Morgan fingerprint density at radius 2 is 1.85 bits per heavy atom. The maximum absolute atomic E-state index is 13.1. The highest BCUT2D eigenvalue weighted by Gasteiger charge is 2.32. The molecule has 2 heterocycles. The van der Waals surface area contributed by atoms with E-state index >= 15 is 0 Å². The van der Waals surface area contributed by atoms with Crippen molar-refractivity contribution in [2.24, 2.45) is 5.92 Å². The number of hydrogen-bond donors (Lipinski definition) is 1. The first-order valence-corrected chi connectivity index (χ1v) is 9.86. The van der Waals surface area contributed by atoms with E-state index < -0.39 is 0 Å². The Bertz CT molecular complexity index is 611. The van der Waals surface area contributed by atoms with Crippen molar-refractivity contribution < 1.29 is 9.90 Å². The molecule has 1 aromatic rings. The molecular weight excluding hydrogens is 326 g/mol. The van der Waals surface area contributed by atoms with Crippen LogP contribution in [-0.4, -0.2) is 79.1 Å². The van der Waals surface area contributed by atoms with Crippen LogP contribution < -0.4 is 0 Å². The quantitative estimate of drug-likeness (QED) is 0.900. The van der Waals surface area contributed by atoms with Crippen LogP contribution in [0.2, 0.25) is 0 Å². The largest absolute Gasteiger partial charge is 0.508 e. The van der Waals surface area contributed by atoms with E-state index in [-0.39, 0.29) is 5.92 Å². The molecule has 0 aromatic heterocycles. The zero-order valence-corrected chi connectivity index (χ0v) is 16.4. The van der Waals surface area contributed by atoms with Gasteiger partial charge in [-0.25, -0.2) is 0 Å². The number of carbonyl (C=O) groups is 1. The number of likely N-dealkylation sites (N-methyl/N-ethyl adjacent to an activating group) is 2. The van der Waals surface area contributed by atoms with Gasteiger partial charge in [-0.3, -0.25) is 4.79 Å². The average molecular weight is 360 g/mol. The van der Waals surface area contributed by atoms with Crippen LogP contribution >= 0.6 is 0 Å². The van der Waals surface area contributed by atoms with Crippen LogP contribution in [-0.2, 0) is 4.79 Å². The van der Waals surface area contributed by atoms with E-state index in [1.807, 2.05) is 12.1 Å². The topological polar surface area (TPSA) is 47.0 Å². The minimum Gasteiger partial charge on any atom is -0.508 e. The van der Waals surface area contributed by atoms with Gasteiger partial charge in [0.25, 0.3) is 0 Å². The second-order valence-electron chi connectivity index (χ2n) is 8.31. The molecule has 2 atom stereocenters. The Balaban J connectivity index is 1.56. The second kappa shape index (κ2) is 8.40. The molecule has 1 N–H and O–H groups in total. The van der Waals surface area contributed by atoms with Gasteiger partial charge in [-0.15, -0.1) is 0 Å². The van der Waals surface area contributed by atoms with E-state index in [2.05, 4.69) is 41.9 Å². The summed E-state index contributed by atoms with van der Waals surface area (Å²) in [5.74, 6) is 1.24. The second-order valence-corrected chi connectivity index (χ2v) is 8.31. The lowest BCUT2D eigenvalue weighted by molar-refractivity contribution is -0.137. The summed E-state index contributed by atoms with van der Waals surface area (Å²) in [4.78, 5) is 19.7. The number of hydrogen-bond acceptors (Lipinski definition) is 4. The van der Waals surface area contributed by atoms with Crippen molar-refractivity contribution in [2.45, 2.75) is 37.6 Å². The number of benzene rings is 1. The van der Waals surface area contributed by atoms with Crippen LogP contribution in [0.1, 0.15) is 37.2 Å². The molecular formula is C21H33N3O2. The zero-order chi connectivity index (χ0) is 18.7. The summed E-state index contributed by atoms with van der Waals surface area (Å²) < 4.78 is 0. The molecule has 1 amide bonds. The molecule has 0 bridgehead atoms. The molecule has 26 heavy (non-hydrogen) atoms. The Morgan fingerprint density at radius 3 is 2.50 bits per heavy atom. The third-order valence-corrected chi connectivity index (χ3v) is 6.13. The van der Waals surface area contributed by atoms with Gasteiger partial charge in [-0.05, 0) is 70.4 Å². The van der Waals surface area contributed by atoms with E-state index in [1.165, 1.54) is 5.56 Å². The molecule has 0 radical (unpaired) electrons. The van der Waals surface area contributed by atoms with Crippen molar-refractivity contribution in [1.82, 2.24) is 14.7 Å². The van der Waals surface area contributed by atoms with E-state index in [4.69, 9.17) is 0 Å². The number of carbonyl (C=O) groups excluding carboxylic acids is 1. The molecule has 0 spiro atoms. The number of rotatable bonds is 3. The van der Waals surface area contributed by atoms with Crippen molar-refractivity contribution >= 4 is 5.91 Å². The highest BCUT2D eigenvalue weighted by Crippen LogP contribution is 2.31. The number of nitrogens with zero attached hydrogens (tertiary/aromatic N) is 3. The van der Waals surface area contributed by atoms with Gasteiger partial charge in [-0.1, -0.05) is 12.1 Å². The van der Waals surface area contributed by atoms with Gasteiger partial charge < -0.3 is 19.8 Å². The molecule has 144 valence electrons. The minimum atomic E-state index is 0.127. The molecule has 3 rings (SSSR count). The molecule has 5 nitrogen and oxygen atoms in total. The van der Waals surface area contributed by atoms with Gasteiger partial charge in [0.1, 0.15) is 5.75 Å². The third-order valence-electron chi connectivity index (χ3n) is 6.13. The SMILES string of the molecule is CN1C[C@H](C(=O)N2CCC(c3cccc(O)c3)CC2)CC[C@H](N(C)C)C1. The Labute approximate surface area is 157 Å². The molecule has 1 aromatic carbocycles. The fourth-order valence-electron chi connectivity index (χ4n) is 4.48. The molecule has 2 fully saturated rings. The third kappa shape index (κ3) is 4.57. The number of phenols is 1. The van der Waals surface area contributed by atoms with Crippen molar-refractivity contribution in [3.63, 3.8) is 0 Å². The maximum Gasteiger partial charge on any atom is 0.226 e. The molecule has 0 unspecified atom stereocenters. The number of aromatic hydroxyl groups is 1.